The van der Waals surface area contributed by atoms with Crippen LogP contribution in [0.5, 0.6) is 0 Å². The van der Waals surface area contributed by atoms with Crippen LogP contribution >= 0.6 is 0 Å². The third-order valence-electron chi connectivity index (χ3n) is 2.42. The molecule has 3 heteroatoms. The van der Waals surface area contributed by atoms with E-state index in [1.54, 1.807) is 7.11 Å². The predicted molar refractivity (Wildman–Crippen MR) is 49.4 cm³/mol. The van der Waals surface area contributed by atoms with Gasteiger partial charge in [0.15, 0.2) is 6.29 Å². The third-order valence-corrected chi connectivity index (χ3v) is 2.42. The Morgan fingerprint density at radius 2 is 2.31 bits per heavy atom. The summed E-state index contributed by atoms with van der Waals surface area (Å²) in [6.07, 6.45) is 4.20. The smallest absolute Gasteiger partial charge is 0.157 e. The van der Waals surface area contributed by atoms with Crippen molar-refractivity contribution >= 4 is 5.78 Å². The summed E-state index contributed by atoms with van der Waals surface area (Å²) in [6, 6.07) is 0. The number of carbonyl (C=O) groups is 1. The number of hydrogen-bond acceptors (Lipinski definition) is 3. The van der Waals surface area contributed by atoms with Gasteiger partial charge in [0.2, 0.25) is 0 Å². The van der Waals surface area contributed by atoms with Gasteiger partial charge in [0.1, 0.15) is 5.78 Å². The SMILES string of the molecule is CCC(=O)CC1CCCC(OC)O1. The van der Waals surface area contributed by atoms with Gasteiger partial charge >= 0.3 is 0 Å². The molecule has 3 nitrogen and oxygen atoms in total. The number of carbonyl (C=O) groups excluding carboxylic acids is 1. The summed E-state index contributed by atoms with van der Waals surface area (Å²) < 4.78 is 10.7. The Morgan fingerprint density at radius 1 is 1.54 bits per heavy atom. The van der Waals surface area contributed by atoms with Gasteiger partial charge in [0, 0.05) is 20.0 Å². The molecule has 0 radical (unpaired) electrons. The maximum absolute atomic E-state index is 11.2. The zero-order valence-electron chi connectivity index (χ0n) is 8.41. The van der Waals surface area contributed by atoms with Crippen molar-refractivity contribution < 1.29 is 14.3 Å². The molecule has 2 unspecified atom stereocenters. The van der Waals surface area contributed by atoms with Gasteiger partial charge < -0.3 is 9.47 Å². The molecule has 2 atom stereocenters. The molecule has 0 aromatic rings. The largest absolute Gasteiger partial charge is 0.356 e. The summed E-state index contributed by atoms with van der Waals surface area (Å²) in [6.45, 7) is 1.89. The lowest BCUT2D eigenvalue weighted by atomic mass is 10.0. The second kappa shape index (κ2) is 5.35. The van der Waals surface area contributed by atoms with E-state index in [0.717, 1.165) is 19.3 Å². The topological polar surface area (TPSA) is 35.5 Å². The van der Waals surface area contributed by atoms with Crippen LogP contribution in [0.1, 0.15) is 39.0 Å². The lowest BCUT2D eigenvalue weighted by Crippen LogP contribution is -2.30. The van der Waals surface area contributed by atoms with Gasteiger partial charge in [-0.05, 0) is 19.3 Å². The molecule has 1 rings (SSSR count). The predicted octanol–water partition coefficient (Wildman–Crippen LogP) is 1.90. The maximum Gasteiger partial charge on any atom is 0.157 e. The second-order valence-corrected chi connectivity index (χ2v) is 3.45. The average molecular weight is 186 g/mol. The number of ketones is 1. The van der Waals surface area contributed by atoms with Crippen LogP contribution in [0.2, 0.25) is 0 Å². The van der Waals surface area contributed by atoms with Crippen molar-refractivity contribution in [2.24, 2.45) is 0 Å². The fourth-order valence-electron chi connectivity index (χ4n) is 1.58. The molecule has 1 fully saturated rings. The van der Waals surface area contributed by atoms with Crippen LogP contribution in [0, 0.1) is 0 Å². The molecule has 0 aromatic carbocycles. The monoisotopic (exact) mass is 186 g/mol. The van der Waals surface area contributed by atoms with Crippen molar-refractivity contribution in [3.05, 3.63) is 0 Å². The van der Waals surface area contributed by atoms with Gasteiger partial charge in [-0.2, -0.15) is 0 Å². The molecule has 0 amide bonds. The van der Waals surface area contributed by atoms with Gasteiger partial charge in [-0.3, -0.25) is 4.79 Å². The molecule has 0 spiro atoms. The second-order valence-electron chi connectivity index (χ2n) is 3.45. The Morgan fingerprint density at radius 3 is 2.92 bits per heavy atom. The first-order valence-electron chi connectivity index (χ1n) is 4.96. The molecular formula is C10H18O3. The van der Waals surface area contributed by atoms with Crippen LogP contribution in [0.25, 0.3) is 0 Å². The highest BCUT2D eigenvalue weighted by molar-refractivity contribution is 5.78. The molecule has 0 aliphatic carbocycles. The molecule has 13 heavy (non-hydrogen) atoms. The fourth-order valence-corrected chi connectivity index (χ4v) is 1.58. The van der Waals surface area contributed by atoms with Crippen LogP contribution in [-0.4, -0.2) is 25.3 Å². The summed E-state index contributed by atoms with van der Waals surface area (Å²) in [5.41, 5.74) is 0. The first kappa shape index (κ1) is 10.7. The summed E-state index contributed by atoms with van der Waals surface area (Å²) in [5.74, 6) is 0.279. The van der Waals surface area contributed by atoms with Gasteiger partial charge in [0.25, 0.3) is 0 Å². The Labute approximate surface area is 79.4 Å². The normalized spacial score (nSPS) is 28.8. The van der Waals surface area contributed by atoms with E-state index in [0.29, 0.717) is 12.8 Å². The van der Waals surface area contributed by atoms with Gasteiger partial charge in [-0.25, -0.2) is 0 Å². The van der Waals surface area contributed by atoms with Crippen LogP contribution in [0.4, 0.5) is 0 Å². The van der Waals surface area contributed by atoms with E-state index in [2.05, 4.69) is 0 Å². The summed E-state index contributed by atoms with van der Waals surface area (Å²) in [4.78, 5) is 11.2. The van der Waals surface area contributed by atoms with Crippen LogP contribution in [0.15, 0.2) is 0 Å². The minimum atomic E-state index is -0.0941. The van der Waals surface area contributed by atoms with E-state index in [9.17, 15) is 4.79 Å². The number of rotatable bonds is 4. The number of ether oxygens (including phenoxy) is 2. The van der Waals surface area contributed by atoms with Gasteiger partial charge in [-0.1, -0.05) is 6.92 Å². The quantitative estimate of drug-likeness (QED) is 0.672. The molecule has 0 N–H and O–H groups in total. The molecule has 1 heterocycles. The van der Waals surface area contributed by atoms with E-state index in [1.807, 2.05) is 6.92 Å². The molecular weight excluding hydrogens is 168 g/mol. The molecule has 1 aliphatic rings. The van der Waals surface area contributed by atoms with Crippen molar-refractivity contribution in [3.63, 3.8) is 0 Å². The van der Waals surface area contributed by atoms with Gasteiger partial charge in [0.05, 0.1) is 6.10 Å². The molecule has 76 valence electrons. The van der Waals surface area contributed by atoms with Crippen LogP contribution < -0.4 is 0 Å². The Balaban J connectivity index is 2.29. The third kappa shape index (κ3) is 3.44. The lowest BCUT2D eigenvalue weighted by molar-refractivity contribution is -0.182. The zero-order chi connectivity index (χ0) is 9.68. The van der Waals surface area contributed by atoms with Crippen molar-refractivity contribution in [1.82, 2.24) is 0 Å². The highest BCUT2D eigenvalue weighted by atomic mass is 16.7. The number of hydrogen-bond donors (Lipinski definition) is 0. The van der Waals surface area contributed by atoms with Crippen molar-refractivity contribution in [2.75, 3.05) is 7.11 Å². The van der Waals surface area contributed by atoms with Gasteiger partial charge in [-0.15, -0.1) is 0 Å². The molecule has 0 aromatic heterocycles. The van der Waals surface area contributed by atoms with Crippen molar-refractivity contribution in [3.8, 4) is 0 Å². The molecule has 0 bridgehead atoms. The zero-order valence-corrected chi connectivity index (χ0v) is 8.41. The average Bonchev–Trinajstić information content (AvgIpc) is 2.18. The van der Waals surface area contributed by atoms with E-state index < -0.39 is 0 Å². The number of methoxy groups -OCH3 is 1. The highest BCUT2D eigenvalue weighted by Gasteiger charge is 2.23. The number of Topliss-reactive ketones (excluding diaryl/α,β-unsaturated/α-hetero) is 1. The lowest BCUT2D eigenvalue weighted by Gasteiger charge is -2.28. The molecule has 1 saturated heterocycles. The summed E-state index contributed by atoms with van der Waals surface area (Å²) in [7, 11) is 1.65. The fraction of sp³-hybridized carbons (Fsp3) is 0.900. The Kier molecular flexibility index (Phi) is 4.39. The van der Waals surface area contributed by atoms with E-state index in [-0.39, 0.29) is 18.2 Å². The Bertz CT molecular complexity index is 168. The minimum Gasteiger partial charge on any atom is -0.356 e. The van der Waals surface area contributed by atoms with E-state index >= 15 is 0 Å². The van der Waals surface area contributed by atoms with Crippen molar-refractivity contribution in [1.29, 1.82) is 0 Å². The molecule has 0 saturated carbocycles. The summed E-state index contributed by atoms with van der Waals surface area (Å²) >= 11 is 0. The first-order chi connectivity index (χ1) is 6.26. The maximum atomic E-state index is 11.2. The molecule has 1 aliphatic heterocycles. The standard InChI is InChI=1S/C10H18O3/c1-3-8(11)7-9-5-4-6-10(12-2)13-9/h9-10H,3-7H2,1-2H3. The van der Waals surface area contributed by atoms with Crippen molar-refractivity contribution in [2.45, 2.75) is 51.4 Å². The minimum absolute atomic E-state index is 0.0890. The first-order valence-corrected chi connectivity index (χ1v) is 4.96. The Hall–Kier alpha value is -0.410. The van der Waals surface area contributed by atoms with Crippen LogP contribution in [0.3, 0.4) is 0 Å². The summed E-state index contributed by atoms with van der Waals surface area (Å²) in [5, 5.41) is 0. The van der Waals surface area contributed by atoms with E-state index in [1.165, 1.54) is 0 Å². The van der Waals surface area contributed by atoms with E-state index in [4.69, 9.17) is 9.47 Å². The highest BCUT2D eigenvalue weighted by Crippen LogP contribution is 2.21. The van der Waals surface area contributed by atoms with Crippen LogP contribution in [-0.2, 0) is 14.3 Å².